The number of carboxylic acids is 1. The molecule has 0 saturated carbocycles. The van der Waals surface area contributed by atoms with E-state index in [4.69, 9.17) is 9.84 Å². The summed E-state index contributed by atoms with van der Waals surface area (Å²) in [4.78, 5) is 22.6. The first-order valence-corrected chi connectivity index (χ1v) is 6.94. The SMILES string of the molecule is C[C@@H](Oc1ccccc1)C(=O)N/N=C\c1ccc(C(=O)O)cc1. The van der Waals surface area contributed by atoms with Gasteiger partial charge in [0.15, 0.2) is 6.10 Å². The van der Waals surface area contributed by atoms with E-state index in [0.717, 1.165) is 0 Å². The Hall–Kier alpha value is -3.15. The first-order chi connectivity index (χ1) is 11.1. The zero-order chi connectivity index (χ0) is 16.7. The van der Waals surface area contributed by atoms with Gasteiger partial charge in [-0.3, -0.25) is 4.79 Å². The van der Waals surface area contributed by atoms with Crippen LogP contribution in [-0.4, -0.2) is 29.3 Å². The molecule has 0 aliphatic carbocycles. The molecule has 0 aromatic heterocycles. The number of benzene rings is 2. The molecular formula is C17H16N2O4. The topological polar surface area (TPSA) is 88.0 Å². The normalized spacial score (nSPS) is 11.9. The lowest BCUT2D eigenvalue weighted by molar-refractivity contribution is -0.127. The summed E-state index contributed by atoms with van der Waals surface area (Å²) in [5, 5.41) is 12.6. The van der Waals surface area contributed by atoms with Gasteiger partial charge in [0.25, 0.3) is 5.91 Å². The summed E-state index contributed by atoms with van der Waals surface area (Å²) in [6, 6.07) is 15.1. The number of nitrogens with zero attached hydrogens (tertiary/aromatic N) is 1. The predicted octanol–water partition coefficient (Wildman–Crippen LogP) is 2.30. The number of carbonyl (C=O) groups is 2. The summed E-state index contributed by atoms with van der Waals surface area (Å²) < 4.78 is 5.47. The standard InChI is InChI=1S/C17H16N2O4/c1-12(23-15-5-3-2-4-6-15)16(20)19-18-11-13-7-9-14(10-8-13)17(21)22/h2-12H,1H3,(H,19,20)(H,21,22)/b18-11-/t12-/m1/s1. The lowest BCUT2D eigenvalue weighted by atomic mass is 10.1. The van der Waals surface area contributed by atoms with Crippen molar-refractivity contribution in [3.63, 3.8) is 0 Å². The van der Waals surface area contributed by atoms with Gasteiger partial charge in [-0.25, -0.2) is 10.2 Å². The van der Waals surface area contributed by atoms with Gasteiger partial charge < -0.3 is 9.84 Å². The molecule has 2 aromatic rings. The number of para-hydroxylation sites is 1. The van der Waals surface area contributed by atoms with Crippen LogP contribution in [-0.2, 0) is 4.79 Å². The highest BCUT2D eigenvalue weighted by atomic mass is 16.5. The van der Waals surface area contributed by atoms with Crippen LogP contribution in [0.1, 0.15) is 22.8 Å². The number of hydrazone groups is 1. The third-order valence-corrected chi connectivity index (χ3v) is 2.97. The van der Waals surface area contributed by atoms with Gasteiger partial charge >= 0.3 is 5.97 Å². The van der Waals surface area contributed by atoms with Crippen LogP contribution in [0, 0.1) is 0 Å². The van der Waals surface area contributed by atoms with Crippen LogP contribution in [0.5, 0.6) is 5.75 Å². The van der Waals surface area contributed by atoms with E-state index in [9.17, 15) is 9.59 Å². The molecule has 0 bridgehead atoms. The molecule has 0 radical (unpaired) electrons. The Labute approximate surface area is 133 Å². The molecule has 0 saturated heterocycles. The van der Waals surface area contributed by atoms with Gasteiger partial charge in [-0.15, -0.1) is 0 Å². The van der Waals surface area contributed by atoms with Crippen LogP contribution in [0.3, 0.4) is 0 Å². The molecule has 0 aliphatic rings. The van der Waals surface area contributed by atoms with Crippen LogP contribution in [0.4, 0.5) is 0 Å². The van der Waals surface area contributed by atoms with E-state index >= 15 is 0 Å². The summed E-state index contributed by atoms with van der Waals surface area (Å²) in [6.07, 6.45) is 0.739. The quantitative estimate of drug-likeness (QED) is 0.633. The molecule has 2 N–H and O–H groups in total. The Balaban J connectivity index is 1.86. The molecule has 118 valence electrons. The molecule has 1 amide bonds. The fourth-order valence-electron chi connectivity index (χ4n) is 1.73. The zero-order valence-electron chi connectivity index (χ0n) is 12.5. The molecule has 0 spiro atoms. The van der Waals surface area contributed by atoms with Crippen molar-refractivity contribution in [2.75, 3.05) is 0 Å². The van der Waals surface area contributed by atoms with Crippen molar-refractivity contribution in [1.29, 1.82) is 0 Å². The molecular weight excluding hydrogens is 296 g/mol. The van der Waals surface area contributed by atoms with E-state index in [1.165, 1.54) is 18.3 Å². The smallest absolute Gasteiger partial charge is 0.335 e. The third-order valence-electron chi connectivity index (χ3n) is 2.97. The minimum Gasteiger partial charge on any atom is -0.481 e. The van der Waals surface area contributed by atoms with Crippen LogP contribution in [0.25, 0.3) is 0 Å². The number of ether oxygens (including phenoxy) is 1. The van der Waals surface area contributed by atoms with Gasteiger partial charge in [0, 0.05) is 0 Å². The van der Waals surface area contributed by atoms with Gasteiger partial charge in [-0.1, -0.05) is 30.3 Å². The Morgan fingerprint density at radius 1 is 1.13 bits per heavy atom. The van der Waals surface area contributed by atoms with Gasteiger partial charge in [0.1, 0.15) is 5.75 Å². The van der Waals surface area contributed by atoms with E-state index in [1.807, 2.05) is 18.2 Å². The third kappa shape index (κ3) is 4.96. The molecule has 0 aliphatic heterocycles. The van der Waals surface area contributed by atoms with Gasteiger partial charge in [0.2, 0.25) is 0 Å². The van der Waals surface area contributed by atoms with Crippen molar-refractivity contribution in [3.8, 4) is 5.75 Å². The van der Waals surface area contributed by atoms with Crippen molar-refractivity contribution in [3.05, 3.63) is 65.7 Å². The Kier molecular flexibility index (Phi) is 5.46. The van der Waals surface area contributed by atoms with Crippen molar-refractivity contribution >= 4 is 18.1 Å². The molecule has 0 unspecified atom stereocenters. The Morgan fingerprint density at radius 2 is 1.78 bits per heavy atom. The molecule has 2 aromatic carbocycles. The van der Waals surface area contributed by atoms with Crippen molar-refractivity contribution in [1.82, 2.24) is 5.43 Å². The van der Waals surface area contributed by atoms with E-state index in [0.29, 0.717) is 11.3 Å². The number of hydrogen-bond donors (Lipinski definition) is 2. The number of carboxylic acid groups (broad SMARTS) is 1. The fourth-order valence-corrected chi connectivity index (χ4v) is 1.73. The summed E-state index contributed by atoms with van der Waals surface area (Å²) >= 11 is 0. The molecule has 6 heteroatoms. The average Bonchev–Trinajstić information content (AvgIpc) is 2.56. The summed E-state index contributed by atoms with van der Waals surface area (Å²) in [5.41, 5.74) is 3.24. The Morgan fingerprint density at radius 3 is 2.39 bits per heavy atom. The second-order valence-electron chi connectivity index (χ2n) is 4.73. The van der Waals surface area contributed by atoms with E-state index in [-0.39, 0.29) is 11.5 Å². The minimum absolute atomic E-state index is 0.191. The second kappa shape index (κ2) is 7.74. The number of aromatic carboxylic acids is 1. The van der Waals surface area contributed by atoms with Crippen LogP contribution < -0.4 is 10.2 Å². The average molecular weight is 312 g/mol. The van der Waals surface area contributed by atoms with Gasteiger partial charge in [-0.2, -0.15) is 5.10 Å². The van der Waals surface area contributed by atoms with Gasteiger partial charge in [-0.05, 0) is 36.8 Å². The van der Waals surface area contributed by atoms with Crippen LogP contribution in [0.15, 0.2) is 59.7 Å². The molecule has 23 heavy (non-hydrogen) atoms. The number of rotatable bonds is 6. The maximum absolute atomic E-state index is 11.9. The molecule has 0 fully saturated rings. The maximum Gasteiger partial charge on any atom is 0.335 e. The Bertz CT molecular complexity index is 696. The first-order valence-electron chi connectivity index (χ1n) is 6.94. The van der Waals surface area contributed by atoms with Crippen molar-refractivity contribution in [2.45, 2.75) is 13.0 Å². The maximum atomic E-state index is 11.9. The largest absolute Gasteiger partial charge is 0.481 e. The monoisotopic (exact) mass is 312 g/mol. The zero-order valence-corrected chi connectivity index (χ0v) is 12.5. The number of carbonyl (C=O) groups excluding carboxylic acids is 1. The highest BCUT2D eigenvalue weighted by Gasteiger charge is 2.13. The first kappa shape index (κ1) is 16.2. The van der Waals surface area contributed by atoms with Crippen molar-refractivity contribution in [2.24, 2.45) is 5.10 Å². The number of nitrogens with one attached hydrogen (secondary N) is 1. The van der Waals surface area contributed by atoms with Crippen LogP contribution in [0.2, 0.25) is 0 Å². The highest BCUT2D eigenvalue weighted by Crippen LogP contribution is 2.10. The molecule has 2 rings (SSSR count). The number of hydrogen-bond acceptors (Lipinski definition) is 4. The van der Waals surface area contributed by atoms with E-state index < -0.39 is 12.1 Å². The highest BCUT2D eigenvalue weighted by molar-refractivity contribution is 5.89. The molecule has 6 nitrogen and oxygen atoms in total. The lowest BCUT2D eigenvalue weighted by Crippen LogP contribution is -2.33. The van der Waals surface area contributed by atoms with Crippen LogP contribution >= 0.6 is 0 Å². The summed E-state index contributed by atoms with van der Waals surface area (Å²) in [6.45, 7) is 1.62. The molecule has 1 atom stereocenters. The summed E-state index contributed by atoms with van der Waals surface area (Å²) in [7, 11) is 0. The van der Waals surface area contributed by atoms with E-state index in [2.05, 4.69) is 10.5 Å². The summed E-state index contributed by atoms with van der Waals surface area (Å²) in [5.74, 6) is -0.774. The number of amides is 1. The van der Waals surface area contributed by atoms with E-state index in [1.54, 1.807) is 31.2 Å². The second-order valence-corrected chi connectivity index (χ2v) is 4.73. The van der Waals surface area contributed by atoms with Gasteiger partial charge in [0.05, 0.1) is 11.8 Å². The molecule has 0 heterocycles. The lowest BCUT2D eigenvalue weighted by Gasteiger charge is -2.12. The fraction of sp³-hybridized carbons (Fsp3) is 0.118. The van der Waals surface area contributed by atoms with Crippen molar-refractivity contribution < 1.29 is 19.4 Å². The minimum atomic E-state index is -0.992. The predicted molar refractivity (Wildman–Crippen MR) is 85.7 cm³/mol.